The normalized spacial score (nSPS) is 15.7. The number of piperidine rings is 1. The fourth-order valence-electron chi connectivity index (χ4n) is 3.20. The van der Waals surface area contributed by atoms with Crippen molar-refractivity contribution in [2.75, 3.05) is 23.3 Å². The number of nitrogens with one attached hydrogen (secondary N) is 2. The molecule has 0 aromatic carbocycles. The molecule has 0 bridgehead atoms. The van der Waals surface area contributed by atoms with Crippen molar-refractivity contribution in [2.45, 2.75) is 19.8 Å². The maximum Gasteiger partial charge on any atom is 0.228 e. The number of carbonyl (C=O) groups excluding carboxylic acids is 1. The summed E-state index contributed by atoms with van der Waals surface area (Å²) in [7, 11) is 1.86. The molecule has 2 N–H and O–H groups in total. The molecular formula is C16H20N8O. The van der Waals surface area contributed by atoms with E-state index in [2.05, 4.69) is 35.3 Å². The molecule has 4 rings (SSSR count). The summed E-state index contributed by atoms with van der Waals surface area (Å²) in [5.74, 6) is 1.48. The van der Waals surface area contributed by atoms with Crippen molar-refractivity contribution < 1.29 is 4.79 Å². The molecule has 130 valence electrons. The van der Waals surface area contributed by atoms with E-state index in [1.807, 2.05) is 20.0 Å². The molecular weight excluding hydrogens is 320 g/mol. The number of imidazole rings is 1. The van der Waals surface area contributed by atoms with Gasteiger partial charge in [0.25, 0.3) is 0 Å². The topological polar surface area (TPSA) is 105 Å². The SMILES string of the molecule is Cc1cc(NC(=O)C2CCN(c3ncnc4nc[nH]c34)CC2)nn1C. The van der Waals surface area contributed by atoms with E-state index in [0.717, 1.165) is 43.0 Å². The molecule has 0 atom stereocenters. The van der Waals surface area contributed by atoms with Crippen LogP contribution >= 0.6 is 0 Å². The predicted octanol–water partition coefficient (Wildman–Crippen LogP) is 1.25. The number of nitrogens with zero attached hydrogens (tertiary/aromatic N) is 6. The predicted molar refractivity (Wildman–Crippen MR) is 93.2 cm³/mol. The van der Waals surface area contributed by atoms with Crippen LogP contribution in [0.3, 0.4) is 0 Å². The zero-order valence-electron chi connectivity index (χ0n) is 14.2. The smallest absolute Gasteiger partial charge is 0.228 e. The number of amides is 1. The number of aromatic nitrogens is 6. The molecule has 3 aromatic rings. The summed E-state index contributed by atoms with van der Waals surface area (Å²) in [4.78, 5) is 30.4. The number of hydrogen-bond donors (Lipinski definition) is 2. The van der Waals surface area contributed by atoms with Gasteiger partial charge in [0.1, 0.15) is 11.8 Å². The van der Waals surface area contributed by atoms with Crippen LogP contribution in [0.4, 0.5) is 11.6 Å². The van der Waals surface area contributed by atoms with Gasteiger partial charge in [0.2, 0.25) is 5.91 Å². The highest BCUT2D eigenvalue weighted by Crippen LogP contribution is 2.26. The molecule has 0 radical (unpaired) electrons. The van der Waals surface area contributed by atoms with Gasteiger partial charge in [-0.1, -0.05) is 0 Å². The molecule has 3 aromatic heterocycles. The van der Waals surface area contributed by atoms with Gasteiger partial charge in [-0.05, 0) is 19.8 Å². The quantitative estimate of drug-likeness (QED) is 0.743. The lowest BCUT2D eigenvalue weighted by Crippen LogP contribution is -2.38. The van der Waals surface area contributed by atoms with Crippen molar-refractivity contribution in [3.63, 3.8) is 0 Å². The fraction of sp³-hybridized carbons (Fsp3) is 0.438. The van der Waals surface area contributed by atoms with Crippen LogP contribution in [0.15, 0.2) is 18.7 Å². The van der Waals surface area contributed by atoms with Crippen molar-refractivity contribution in [1.29, 1.82) is 0 Å². The lowest BCUT2D eigenvalue weighted by molar-refractivity contribution is -0.120. The summed E-state index contributed by atoms with van der Waals surface area (Å²) >= 11 is 0. The Balaban J connectivity index is 1.41. The average Bonchev–Trinajstić information content (AvgIpc) is 3.21. The molecule has 25 heavy (non-hydrogen) atoms. The van der Waals surface area contributed by atoms with Crippen LogP contribution < -0.4 is 10.2 Å². The summed E-state index contributed by atoms with van der Waals surface area (Å²) in [6, 6.07) is 1.88. The monoisotopic (exact) mass is 340 g/mol. The van der Waals surface area contributed by atoms with E-state index in [4.69, 9.17) is 0 Å². The third-order valence-electron chi connectivity index (χ3n) is 4.73. The van der Waals surface area contributed by atoms with E-state index in [1.165, 1.54) is 6.33 Å². The Bertz CT molecular complexity index is 886. The average molecular weight is 340 g/mol. The van der Waals surface area contributed by atoms with E-state index < -0.39 is 0 Å². The molecule has 0 saturated carbocycles. The molecule has 4 heterocycles. The molecule has 0 spiro atoms. The maximum atomic E-state index is 12.5. The Kier molecular flexibility index (Phi) is 3.83. The number of rotatable bonds is 3. The number of fused-ring (bicyclic) bond motifs is 1. The Morgan fingerprint density at radius 3 is 2.80 bits per heavy atom. The first kappa shape index (κ1) is 15.6. The third-order valence-corrected chi connectivity index (χ3v) is 4.73. The molecule has 1 amide bonds. The van der Waals surface area contributed by atoms with Gasteiger partial charge in [0, 0.05) is 37.8 Å². The largest absolute Gasteiger partial charge is 0.355 e. The molecule has 1 saturated heterocycles. The Morgan fingerprint density at radius 2 is 2.08 bits per heavy atom. The standard InChI is InChI=1S/C16H20N8O/c1-10-7-12(22-23(10)2)21-16(25)11-3-5-24(6-4-11)15-13-14(18-8-17-13)19-9-20-15/h7-9,11H,3-6H2,1-2H3,(H,21,22,25)(H,17,18,19,20). The minimum atomic E-state index is -0.0161. The second-order valence-electron chi connectivity index (χ2n) is 6.34. The first-order valence-corrected chi connectivity index (χ1v) is 8.32. The number of H-pyrrole nitrogens is 1. The number of carbonyl (C=O) groups is 1. The van der Waals surface area contributed by atoms with Gasteiger partial charge in [-0.3, -0.25) is 9.48 Å². The Labute approximate surface area is 144 Å². The van der Waals surface area contributed by atoms with E-state index in [1.54, 1.807) is 11.0 Å². The summed E-state index contributed by atoms with van der Waals surface area (Å²) in [5, 5.41) is 7.20. The first-order valence-electron chi connectivity index (χ1n) is 8.32. The highest BCUT2D eigenvalue weighted by Gasteiger charge is 2.27. The van der Waals surface area contributed by atoms with Gasteiger partial charge >= 0.3 is 0 Å². The fourth-order valence-corrected chi connectivity index (χ4v) is 3.20. The van der Waals surface area contributed by atoms with Crippen molar-refractivity contribution >= 4 is 28.7 Å². The molecule has 0 aliphatic carbocycles. The lowest BCUT2D eigenvalue weighted by Gasteiger charge is -2.32. The third kappa shape index (κ3) is 2.92. The molecule has 9 nitrogen and oxygen atoms in total. The van der Waals surface area contributed by atoms with E-state index >= 15 is 0 Å². The van der Waals surface area contributed by atoms with Crippen molar-refractivity contribution in [2.24, 2.45) is 13.0 Å². The summed E-state index contributed by atoms with van der Waals surface area (Å²) in [5.41, 5.74) is 2.52. The van der Waals surface area contributed by atoms with Crippen LogP contribution in [-0.4, -0.2) is 48.7 Å². The van der Waals surface area contributed by atoms with Crippen LogP contribution in [0.5, 0.6) is 0 Å². The minimum Gasteiger partial charge on any atom is -0.355 e. The van der Waals surface area contributed by atoms with Crippen LogP contribution in [0.25, 0.3) is 11.2 Å². The summed E-state index contributed by atoms with van der Waals surface area (Å²) in [6.45, 7) is 3.49. The van der Waals surface area contributed by atoms with Gasteiger partial charge in [0.15, 0.2) is 17.3 Å². The van der Waals surface area contributed by atoms with Gasteiger partial charge in [-0.15, -0.1) is 0 Å². The van der Waals surface area contributed by atoms with Gasteiger partial charge < -0.3 is 15.2 Å². The van der Waals surface area contributed by atoms with Gasteiger partial charge in [0.05, 0.1) is 6.33 Å². The van der Waals surface area contributed by atoms with Gasteiger partial charge in [-0.25, -0.2) is 15.0 Å². The van der Waals surface area contributed by atoms with Crippen LogP contribution in [0.1, 0.15) is 18.5 Å². The highest BCUT2D eigenvalue weighted by atomic mass is 16.2. The Morgan fingerprint density at radius 1 is 1.28 bits per heavy atom. The van der Waals surface area contributed by atoms with Crippen LogP contribution in [0.2, 0.25) is 0 Å². The van der Waals surface area contributed by atoms with Gasteiger partial charge in [-0.2, -0.15) is 5.10 Å². The molecule has 9 heteroatoms. The maximum absolute atomic E-state index is 12.5. The number of anilines is 2. The van der Waals surface area contributed by atoms with Crippen LogP contribution in [-0.2, 0) is 11.8 Å². The lowest BCUT2D eigenvalue weighted by atomic mass is 9.96. The van der Waals surface area contributed by atoms with E-state index in [0.29, 0.717) is 11.5 Å². The van der Waals surface area contributed by atoms with E-state index in [9.17, 15) is 4.79 Å². The molecule has 0 unspecified atom stereocenters. The second kappa shape index (κ2) is 6.15. The van der Waals surface area contributed by atoms with Crippen molar-refractivity contribution in [3.8, 4) is 0 Å². The molecule has 1 aliphatic rings. The number of aromatic amines is 1. The zero-order chi connectivity index (χ0) is 17.4. The second-order valence-corrected chi connectivity index (χ2v) is 6.34. The van der Waals surface area contributed by atoms with Crippen molar-refractivity contribution in [1.82, 2.24) is 29.7 Å². The summed E-state index contributed by atoms with van der Waals surface area (Å²) < 4.78 is 1.75. The van der Waals surface area contributed by atoms with Crippen LogP contribution in [0, 0.1) is 12.8 Å². The minimum absolute atomic E-state index is 0.0161. The Hall–Kier alpha value is -2.97. The zero-order valence-corrected chi connectivity index (χ0v) is 14.2. The summed E-state index contributed by atoms with van der Waals surface area (Å²) in [6.07, 6.45) is 4.70. The highest BCUT2D eigenvalue weighted by molar-refractivity contribution is 5.92. The van der Waals surface area contributed by atoms with E-state index in [-0.39, 0.29) is 11.8 Å². The van der Waals surface area contributed by atoms with Crippen molar-refractivity contribution in [3.05, 3.63) is 24.4 Å². The first-order chi connectivity index (χ1) is 12.1. The molecule has 1 fully saturated rings. The number of hydrogen-bond acceptors (Lipinski definition) is 6. The molecule has 1 aliphatic heterocycles. The number of aryl methyl sites for hydroxylation is 2.